The van der Waals surface area contributed by atoms with Gasteiger partial charge in [0.1, 0.15) is 0 Å². The van der Waals surface area contributed by atoms with Crippen LogP contribution in [0.15, 0.2) is 27.8 Å². The Labute approximate surface area is 109 Å². The third kappa shape index (κ3) is 2.16. The van der Waals surface area contributed by atoms with E-state index in [0.29, 0.717) is 16.5 Å². The summed E-state index contributed by atoms with van der Waals surface area (Å²) in [5.74, 6) is -0.268. The lowest BCUT2D eigenvalue weighted by molar-refractivity contribution is 0.0963. The van der Waals surface area contributed by atoms with E-state index in [-0.39, 0.29) is 17.5 Å². The molecule has 2 N–H and O–H groups in total. The molecular weight excluding hydrogens is 246 g/mol. The van der Waals surface area contributed by atoms with E-state index in [1.807, 2.05) is 0 Å². The smallest absolute Gasteiger partial charge is 0.329 e. The van der Waals surface area contributed by atoms with Crippen molar-refractivity contribution < 1.29 is 4.79 Å². The second-order valence-corrected chi connectivity index (χ2v) is 4.54. The predicted octanol–water partition coefficient (Wildman–Crippen LogP) is 0.630. The molecular formula is C13H15N3O3. The highest BCUT2D eigenvalue weighted by Crippen LogP contribution is 2.10. The molecule has 0 saturated carbocycles. The van der Waals surface area contributed by atoms with Gasteiger partial charge in [-0.25, -0.2) is 4.79 Å². The summed E-state index contributed by atoms with van der Waals surface area (Å²) < 4.78 is 1.15. The highest BCUT2D eigenvalue weighted by Gasteiger charge is 2.12. The molecule has 2 aromatic rings. The average molecular weight is 261 g/mol. The van der Waals surface area contributed by atoms with Crippen molar-refractivity contribution in [1.82, 2.24) is 14.9 Å². The number of hydrogen-bond donors (Lipinski definition) is 2. The molecule has 1 aromatic heterocycles. The molecule has 1 amide bonds. The number of rotatable bonds is 2. The molecule has 0 bridgehead atoms. The second-order valence-electron chi connectivity index (χ2n) is 4.54. The molecule has 0 saturated heterocycles. The van der Waals surface area contributed by atoms with Crippen LogP contribution in [0.3, 0.4) is 0 Å². The zero-order valence-electron chi connectivity index (χ0n) is 11.0. The van der Waals surface area contributed by atoms with Gasteiger partial charge in [0.15, 0.2) is 0 Å². The van der Waals surface area contributed by atoms with Gasteiger partial charge in [-0.3, -0.25) is 14.2 Å². The van der Waals surface area contributed by atoms with Crippen LogP contribution in [0, 0.1) is 0 Å². The Kier molecular flexibility index (Phi) is 3.25. The molecule has 0 aliphatic heterocycles. The van der Waals surface area contributed by atoms with Crippen molar-refractivity contribution in [1.29, 1.82) is 0 Å². The van der Waals surface area contributed by atoms with Gasteiger partial charge >= 0.3 is 5.69 Å². The summed E-state index contributed by atoms with van der Waals surface area (Å²) in [6, 6.07) is 4.39. The molecule has 100 valence electrons. The Hall–Kier alpha value is -2.37. The van der Waals surface area contributed by atoms with Crippen LogP contribution >= 0.6 is 0 Å². The number of H-pyrrole nitrogens is 1. The second kappa shape index (κ2) is 4.72. The van der Waals surface area contributed by atoms with E-state index in [1.165, 1.54) is 13.1 Å². The molecule has 0 atom stereocenters. The molecule has 0 radical (unpaired) electrons. The number of carbonyl (C=O) groups excluding carboxylic acids is 1. The average Bonchev–Trinajstić information content (AvgIpc) is 2.36. The lowest BCUT2D eigenvalue weighted by atomic mass is 10.1. The van der Waals surface area contributed by atoms with E-state index in [4.69, 9.17) is 0 Å². The molecule has 1 heterocycles. The van der Waals surface area contributed by atoms with Gasteiger partial charge in [-0.15, -0.1) is 0 Å². The summed E-state index contributed by atoms with van der Waals surface area (Å²) in [4.78, 5) is 38.2. The topological polar surface area (TPSA) is 84.0 Å². The zero-order chi connectivity index (χ0) is 14.2. The van der Waals surface area contributed by atoms with Crippen molar-refractivity contribution in [2.75, 3.05) is 7.05 Å². The van der Waals surface area contributed by atoms with Gasteiger partial charge in [0.05, 0.1) is 10.9 Å². The van der Waals surface area contributed by atoms with Gasteiger partial charge in [-0.1, -0.05) is 0 Å². The SMILES string of the molecule is CNC(=O)c1ccc2c(=O)n(C(C)C)c(=O)[nH]c2c1. The van der Waals surface area contributed by atoms with E-state index < -0.39 is 5.69 Å². The monoisotopic (exact) mass is 261 g/mol. The number of aromatic amines is 1. The summed E-state index contributed by atoms with van der Waals surface area (Å²) >= 11 is 0. The van der Waals surface area contributed by atoms with Gasteiger partial charge in [0, 0.05) is 18.7 Å². The first-order valence-corrected chi connectivity index (χ1v) is 5.96. The molecule has 0 fully saturated rings. The van der Waals surface area contributed by atoms with E-state index in [1.54, 1.807) is 26.0 Å². The fraction of sp³-hybridized carbons (Fsp3) is 0.308. The summed E-state index contributed by atoms with van der Waals surface area (Å²) in [5.41, 5.74) is -0.0564. The summed E-state index contributed by atoms with van der Waals surface area (Å²) in [6.07, 6.45) is 0. The predicted molar refractivity (Wildman–Crippen MR) is 72.6 cm³/mol. The maximum Gasteiger partial charge on any atom is 0.329 e. The molecule has 0 spiro atoms. The van der Waals surface area contributed by atoms with Crippen LogP contribution in [0.2, 0.25) is 0 Å². The van der Waals surface area contributed by atoms with Crippen LogP contribution in [0.4, 0.5) is 0 Å². The van der Waals surface area contributed by atoms with Crippen LogP contribution in [-0.2, 0) is 0 Å². The Balaban J connectivity index is 2.78. The molecule has 2 rings (SSSR count). The number of hydrogen-bond acceptors (Lipinski definition) is 3. The lowest BCUT2D eigenvalue weighted by Crippen LogP contribution is -2.36. The van der Waals surface area contributed by atoms with Crippen molar-refractivity contribution >= 4 is 16.8 Å². The standard InChI is InChI=1S/C13H15N3O3/c1-7(2)16-12(18)9-5-4-8(11(17)14-3)6-10(9)15-13(16)19/h4-7H,1-3H3,(H,14,17)(H,15,19). The quantitative estimate of drug-likeness (QED) is 0.831. The van der Waals surface area contributed by atoms with Gasteiger partial charge in [0.2, 0.25) is 0 Å². The minimum absolute atomic E-state index is 0.223. The first-order chi connectivity index (χ1) is 8.95. The minimum Gasteiger partial charge on any atom is -0.355 e. The van der Waals surface area contributed by atoms with E-state index in [2.05, 4.69) is 10.3 Å². The number of fused-ring (bicyclic) bond motifs is 1. The number of nitrogens with zero attached hydrogens (tertiary/aromatic N) is 1. The highest BCUT2D eigenvalue weighted by molar-refractivity contribution is 5.97. The molecule has 0 unspecified atom stereocenters. The van der Waals surface area contributed by atoms with E-state index >= 15 is 0 Å². The molecule has 0 aliphatic carbocycles. The van der Waals surface area contributed by atoms with Gasteiger partial charge in [0.25, 0.3) is 11.5 Å². The van der Waals surface area contributed by atoms with Crippen LogP contribution in [0.1, 0.15) is 30.2 Å². The summed E-state index contributed by atoms with van der Waals surface area (Å²) in [7, 11) is 1.52. The zero-order valence-corrected chi connectivity index (χ0v) is 11.0. The number of benzene rings is 1. The van der Waals surface area contributed by atoms with Crippen molar-refractivity contribution in [3.05, 3.63) is 44.6 Å². The number of aromatic nitrogens is 2. The first kappa shape index (κ1) is 13.1. The Morgan fingerprint density at radius 2 is 2.00 bits per heavy atom. The van der Waals surface area contributed by atoms with Crippen LogP contribution < -0.4 is 16.6 Å². The maximum atomic E-state index is 12.2. The Morgan fingerprint density at radius 3 is 2.58 bits per heavy atom. The largest absolute Gasteiger partial charge is 0.355 e. The van der Waals surface area contributed by atoms with Crippen molar-refractivity contribution in [3.8, 4) is 0 Å². The van der Waals surface area contributed by atoms with E-state index in [9.17, 15) is 14.4 Å². The summed E-state index contributed by atoms with van der Waals surface area (Å²) in [5, 5.41) is 2.88. The molecule has 6 heteroatoms. The van der Waals surface area contributed by atoms with E-state index in [0.717, 1.165) is 4.57 Å². The molecule has 1 aromatic carbocycles. The molecule has 6 nitrogen and oxygen atoms in total. The van der Waals surface area contributed by atoms with Crippen LogP contribution in [0.5, 0.6) is 0 Å². The van der Waals surface area contributed by atoms with Gasteiger partial charge < -0.3 is 10.3 Å². The van der Waals surface area contributed by atoms with Gasteiger partial charge in [-0.05, 0) is 32.0 Å². The van der Waals surface area contributed by atoms with Crippen molar-refractivity contribution in [2.24, 2.45) is 0 Å². The van der Waals surface area contributed by atoms with Crippen LogP contribution in [0.25, 0.3) is 10.9 Å². The van der Waals surface area contributed by atoms with Crippen molar-refractivity contribution in [3.63, 3.8) is 0 Å². The fourth-order valence-corrected chi connectivity index (χ4v) is 1.99. The lowest BCUT2D eigenvalue weighted by Gasteiger charge is -2.09. The Bertz CT molecular complexity index is 756. The van der Waals surface area contributed by atoms with Crippen molar-refractivity contribution in [2.45, 2.75) is 19.9 Å². The normalized spacial score (nSPS) is 10.9. The highest BCUT2D eigenvalue weighted by atomic mass is 16.2. The maximum absolute atomic E-state index is 12.2. The molecule has 0 aliphatic rings. The fourth-order valence-electron chi connectivity index (χ4n) is 1.99. The minimum atomic E-state index is -0.471. The van der Waals surface area contributed by atoms with Crippen LogP contribution in [-0.4, -0.2) is 22.5 Å². The third-order valence-electron chi connectivity index (χ3n) is 2.93. The Morgan fingerprint density at radius 1 is 1.32 bits per heavy atom. The number of carbonyl (C=O) groups is 1. The summed E-state index contributed by atoms with van der Waals surface area (Å²) in [6.45, 7) is 3.53. The van der Waals surface area contributed by atoms with Gasteiger partial charge in [-0.2, -0.15) is 0 Å². The molecule has 19 heavy (non-hydrogen) atoms. The first-order valence-electron chi connectivity index (χ1n) is 5.96. The number of amides is 1. The third-order valence-corrected chi connectivity index (χ3v) is 2.93. The number of nitrogens with one attached hydrogen (secondary N) is 2.